The van der Waals surface area contributed by atoms with Gasteiger partial charge in [0, 0.05) is 12.1 Å². The summed E-state index contributed by atoms with van der Waals surface area (Å²) in [6, 6.07) is 0.445. The maximum atomic E-state index is 13.8. The summed E-state index contributed by atoms with van der Waals surface area (Å²) >= 11 is 0. The van der Waals surface area contributed by atoms with Gasteiger partial charge in [-0.1, -0.05) is 0 Å². The van der Waals surface area contributed by atoms with E-state index in [0.717, 1.165) is 6.07 Å². The molecule has 1 aromatic rings. The topological polar surface area (TPSA) is 55.4 Å². The first-order chi connectivity index (χ1) is 11.0. The highest BCUT2D eigenvalue weighted by atomic mass is 32.2. The average Bonchev–Trinajstić information content (AvgIpc) is 2.43. The van der Waals surface area contributed by atoms with Crippen LogP contribution in [0.1, 0.15) is 39.7 Å². The first-order valence-corrected chi connectivity index (χ1v) is 8.66. The number of esters is 1. The molecule has 0 unspecified atom stereocenters. The summed E-state index contributed by atoms with van der Waals surface area (Å²) in [7, 11) is -1.53. The van der Waals surface area contributed by atoms with Gasteiger partial charge in [-0.05, 0) is 45.7 Å². The molecule has 4 nitrogen and oxygen atoms in total. The van der Waals surface area contributed by atoms with Gasteiger partial charge in [0.05, 0.1) is 28.8 Å². The monoisotopic (exact) mass is 365 g/mol. The molecule has 0 radical (unpaired) electrons. The molecule has 0 aliphatic rings. The van der Waals surface area contributed by atoms with Gasteiger partial charge in [-0.2, -0.15) is 0 Å². The normalized spacial score (nSPS) is 14.3. The molecule has 1 rings (SSSR count). The zero-order valence-corrected chi connectivity index (χ0v) is 14.9. The molecular weight excluding hydrogens is 343 g/mol. The maximum absolute atomic E-state index is 13.8. The number of ether oxygens (including phenoxy) is 1. The lowest BCUT2D eigenvalue weighted by Crippen LogP contribution is -2.42. The van der Waals surface area contributed by atoms with E-state index in [1.54, 1.807) is 27.7 Å². The summed E-state index contributed by atoms with van der Waals surface area (Å²) in [5.41, 5.74) is -0.110. The molecule has 1 N–H and O–H groups in total. The molecule has 0 aliphatic carbocycles. The molecule has 0 aromatic heterocycles. The van der Waals surface area contributed by atoms with E-state index in [0.29, 0.717) is 6.07 Å². The predicted molar refractivity (Wildman–Crippen MR) is 86.1 cm³/mol. The van der Waals surface area contributed by atoms with E-state index in [4.69, 9.17) is 4.74 Å². The largest absolute Gasteiger partial charge is 0.466 e. The van der Waals surface area contributed by atoms with Gasteiger partial charge in [-0.15, -0.1) is 0 Å². The molecule has 0 saturated heterocycles. The number of nitrogens with one attached hydrogen (secondary N) is 1. The van der Waals surface area contributed by atoms with Crippen molar-refractivity contribution in [2.24, 2.45) is 0 Å². The Bertz CT molecular complexity index is 617. The van der Waals surface area contributed by atoms with Crippen LogP contribution in [0.3, 0.4) is 0 Å². The fourth-order valence-electron chi connectivity index (χ4n) is 1.89. The highest BCUT2D eigenvalue weighted by molar-refractivity contribution is 7.84. The van der Waals surface area contributed by atoms with Crippen LogP contribution in [-0.2, 0) is 26.9 Å². The van der Waals surface area contributed by atoms with E-state index < -0.39 is 45.2 Å². The highest BCUT2D eigenvalue weighted by Gasteiger charge is 2.26. The summed E-state index contributed by atoms with van der Waals surface area (Å²) in [6.45, 7) is 7.01. The molecule has 8 heteroatoms. The molecule has 1 aromatic carbocycles. The third kappa shape index (κ3) is 6.24. The molecule has 24 heavy (non-hydrogen) atoms. The molecule has 0 fully saturated rings. The molecule has 136 valence electrons. The molecule has 0 amide bonds. The zero-order valence-electron chi connectivity index (χ0n) is 14.1. The Morgan fingerprint density at radius 3 is 2.33 bits per heavy atom. The van der Waals surface area contributed by atoms with Crippen molar-refractivity contribution in [2.45, 2.75) is 51.3 Å². The Morgan fingerprint density at radius 2 is 1.79 bits per heavy atom. The number of rotatable bonds is 7. The van der Waals surface area contributed by atoms with Gasteiger partial charge in [0.1, 0.15) is 5.82 Å². The summed E-state index contributed by atoms with van der Waals surface area (Å²) in [5.74, 6) is -3.95. The lowest BCUT2D eigenvalue weighted by molar-refractivity contribution is -0.143. The molecule has 2 atom stereocenters. The second-order valence-corrected chi connectivity index (χ2v) is 8.26. The van der Waals surface area contributed by atoms with Crippen molar-refractivity contribution < 1.29 is 26.9 Å². The summed E-state index contributed by atoms with van der Waals surface area (Å²) in [6.07, 6.45) is -0.308. The molecule has 0 aliphatic heterocycles. The van der Waals surface area contributed by atoms with Gasteiger partial charge in [-0.3, -0.25) is 4.79 Å². The minimum atomic E-state index is -1.53. The maximum Gasteiger partial charge on any atom is 0.307 e. The van der Waals surface area contributed by atoms with Crippen LogP contribution < -0.4 is 4.72 Å². The number of hydrogen-bond acceptors (Lipinski definition) is 3. The van der Waals surface area contributed by atoms with Crippen molar-refractivity contribution in [3.63, 3.8) is 0 Å². The van der Waals surface area contributed by atoms with Crippen LogP contribution in [0.4, 0.5) is 13.2 Å². The van der Waals surface area contributed by atoms with Crippen molar-refractivity contribution in [1.82, 2.24) is 4.72 Å². The predicted octanol–water partition coefficient (Wildman–Crippen LogP) is 3.02. The highest BCUT2D eigenvalue weighted by Crippen LogP contribution is 2.18. The Hall–Kier alpha value is -1.41. The lowest BCUT2D eigenvalue weighted by atomic mass is 10.0. The fraction of sp³-hybridized carbons (Fsp3) is 0.562. The van der Waals surface area contributed by atoms with Gasteiger partial charge in [0.25, 0.3) is 0 Å². The lowest BCUT2D eigenvalue weighted by Gasteiger charge is -2.24. The van der Waals surface area contributed by atoms with Gasteiger partial charge in [-0.25, -0.2) is 22.1 Å². The van der Waals surface area contributed by atoms with Crippen molar-refractivity contribution >= 4 is 17.0 Å². The Balaban J connectivity index is 2.98. The summed E-state index contributed by atoms with van der Waals surface area (Å²) in [5, 5.41) is 0. The minimum absolute atomic E-state index is 0.110. The number of carbonyl (C=O) groups excluding carboxylic acids is 1. The Labute approximate surface area is 142 Å². The summed E-state index contributed by atoms with van der Waals surface area (Å²) < 4.78 is 59.4. The van der Waals surface area contributed by atoms with E-state index in [1.807, 2.05) is 0 Å². The second-order valence-electron chi connectivity index (χ2n) is 6.27. The van der Waals surface area contributed by atoms with Crippen molar-refractivity contribution in [3.8, 4) is 0 Å². The van der Waals surface area contributed by atoms with Crippen LogP contribution in [0.15, 0.2) is 12.1 Å². The van der Waals surface area contributed by atoms with Crippen molar-refractivity contribution in [2.75, 3.05) is 6.61 Å². The standard InChI is InChI=1S/C16H22F3NO3S/c1-5-23-15(21)8-11(20-24(22)16(2,3)4)6-10-7-13(18)14(19)9-12(10)17/h7,9,11,20H,5-6,8H2,1-4H3/t11-,24-/m1/s1. The smallest absolute Gasteiger partial charge is 0.307 e. The van der Waals surface area contributed by atoms with Gasteiger partial charge >= 0.3 is 5.97 Å². The van der Waals surface area contributed by atoms with Gasteiger partial charge in [0.15, 0.2) is 11.6 Å². The fourth-order valence-corrected chi connectivity index (χ4v) is 2.71. The molecular formula is C16H22F3NO3S. The Morgan fingerprint density at radius 1 is 1.21 bits per heavy atom. The van der Waals surface area contributed by atoms with Crippen molar-refractivity contribution in [1.29, 1.82) is 0 Å². The van der Waals surface area contributed by atoms with Crippen LogP contribution >= 0.6 is 0 Å². The average molecular weight is 365 g/mol. The summed E-state index contributed by atoms with van der Waals surface area (Å²) in [4.78, 5) is 11.7. The second kappa shape index (κ2) is 8.62. The van der Waals surface area contributed by atoms with Crippen LogP contribution in [0.25, 0.3) is 0 Å². The van der Waals surface area contributed by atoms with E-state index in [1.165, 1.54) is 0 Å². The third-order valence-electron chi connectivity index (χ3n) is 3.10. The number of hydrogen-bond donors (Lipinski definition) is 1. The first kappa shape index (κ1) is 20.6. The number of halogens is 3. The van der Waals surface area contributed by atoms with Crippen molar-refractivity contribution in [3.05, 3.63) is 35.1 Å². The van der Waals surface area contributed by atoms with Gasteiger partial charge in [0.2, 0.25) is 0 Å². The molecule has 0 bridgehead atoms. The molecule has 0 saturated carbocycles. The quantitative estimate of drug-likeness (QED) is 0.597. The Kier molecular flexibility index (Phi) is 7.41. The molecule has 0 heterocycles. The van der Waals surface area contributed by atoms with E-state index in [9.17, 15) is 22.2 Å². The molecule has 0 spiro atoms. The van der Waals surface area contributed by atoms with E-state index in [-0.39, 0.29) is 25.0 Å². The third-order valence-corrected chi connectivity index (χ3v) is 4.76. The van der Waals surface area contributed by atoms with Crippen LogP contribution in [0, 0.1) is 17.5 Å². The number of benzene rings is 1. The van der Waals surface area contributed by atoms with Crippen LogP contribution in [0.5, 0.6) is 0 Å². The van der Waals surface area contributed by atoms with Crippen LogP contribution in [0.2, 0.25) is 0 Å². The number of carbonyl (C=O) groups is 1. The van der Waals surface area contributed by atoms with E-state index >= 15 is 0 Å². The van der Waals surface area contributed by atoms with Crippen LogP contribution in [-0.4, -0.2) is 27.6 Å². The first-order valence-electron chi connectivity index (χ1n) is 7.51. The minimum Gasteiger partial charge on any atom is -0.466 e. The zero-order chi connectivity index (χ0) is 18.5. The van der Waals surface area contributed by atoms with E-state index in [2.05, 4.69) is 4.72 Å². The van der Waals surface area contributed by atoms with Gasteiger partial charge < -0.3 is 4.74 Å². The SMILES string of the molecule is CCOC(=O)C[C@@H](Cc1cc(F)c(F)cc1F)N[S@](=O)C(C)(C)C.